The van der Waals surface area contributed by atoms with Crippen molar-refractivity contribution in [3.8, 4) is 0 Å². The van der Waals surface area contributed by atoms with Gasteiger partial charge in [0.15, 0.2) is 0 Å². The van der Waals surface area contributed by atoms with Gasteiger partial charge in [-0.1, -0.05) is 6.92 Å². The van der Waals surface area contributed by atoms with Gasteiger partial charge in [0, 0.05) is 13.1 Å². The topological polar surface area (TPSA) is 96.2 Å². The lowest BCUT2D eigenvalue weighted by molar-refractivity contribution is -0.383. The molecule has 1 aromatic heterocycles. The summed E-state index contributed by atoms with van der Waals surface area (Å²) in [4.78, 5) is 20.8. The van der Waals surface area contributed by atoms with Crippen molar-refractivity contribution < 1.29 is 4.92 Å². The zero-order valence-corrected chi connectivity index (χ0v) is 12.9. The normalized spacial score (nSPS) is 10.7. The van der Waals surface area contributed by atoms with Crippen LogP contribution in [0.5, 0.6) is 0 Å². The molecule has 0 amide bonds. The number of anilines is 2. The fraction of sp³-hybridized carbons (Fsp3) is 0.692. The van der Waals surface area contributed by atoms with Gasteiger partial charge in [-0.25, -0.2) is 9.97 Å². The fourth-order valence-corrected chi connectivity index (χ4v) is 1.81. The standard InChI is InChI=1S/C13H24N6O2/c1-4-7-14-12-11(19(20)21)13(17-10-16-12)15-8-5-6-9-18(2)3/h10H,4-9H2,1-3H3,(H2,14,15,16,17). The van der Waals surface area contributed by atoms with E-state index in [1.807, 2.05) is 21.0 Å². The number of nitrogens with one attached hydrogen (secondary N) is 2. The molecule has 8 heteroatoms. The summed E-state index contributed by atoms with van der Waals surface area (Å²) >= 11 is 0. The average molecular weight is 296 g/mol. The van der Waals surface area contributed by atoms with E-state index in [0.717, 1.165) is 25.8 Å². The summed E-state index contributed by atoms with van der Waals surface area (Å²) in [6, 6.07) is 0. The summed E-state index contributed by atoms with van der Waals surface area (Å²) in [6.07, 6.45) is 4.17. The Morgan fingerprint density at radius 3 is 2.33 bits per heavy atom. The first-order valence-corrected chi connectivity index (χ1v) is 7.18. The minimum absolute atomic E-state index is 0.0847. The highest BCUT2D eigenvalue weighted by Gasteiger charge is 2.22. The molecule has 0 spiro atoms. The van der Waals surface area contributed by atoms with E-state index in [9.17, 15) is 10.1 Å². The molecule has 8 nitrogen and oxygen atoms in total. The van der Waals surface area contributed by atoms with Gasteiger partial charge < -0.3 is 15.5 Å². The van der Waals surface area contributed by atoms with Gasteiger partial charge in [0.05, 0.1) is 4.92 Å². The Morgan fingerprint density at radius 2 is 1.81 bits per heavy atom. The number of rotatable bonds is 10. The lowest BCUT2D eigenvalue weighted by atomic mass is 10.3. The summed E-state index contributed by atoms with van der Waals surface area (Å²) in [5.74, 6) is 0.547. The van der Waals surface area contributed by atoms with Gasteiger partial charge >= 0.3 is 5.69 Å². The summed E-state index contributed by atoms with van der Waals surface area (Å²) < 4.78 is 0. The van der Waals surface area contributed by atoms with E-state index in [-0.39, 0.29) is 17.3 Å². The van der Waals surface area contributed by atoms with Crippen LogP contribution < -0.4 is 10.6 Å². The van der Waals surface area contributed by atoms with Crippen LogP contribution in [0.3, 0.4) is 0 Å². The summed E-state index contributed by atoms with van der Waals surface area (Å²) in [7, 11) is 4.04. The summed E-state index contributed by atoms with van der Waals surface area (Å²) in [6.45, 7) is 4.28. The van der Waals surface area contributed by atoms with E-state index in [0.29, 0.717) is 13.1 Å². The molecular formula is C13H24N6O2. The van der Waals surface area contributed by atoms with Crippen LogP contribution in [0.15, 0.2) is 6.33 Å². The molecule has 1 aromatic rings. The van der Waals surface area contributed by atoms with E-state index < -0.39 is 4.92 Å². The highest BCUT2D eigenvalue weighted by Crippen LogP contribution is 2.28. The predicted molar refractivity (Wildman–Crippen MR) is 83.7 cm³/mol. The van der Waals surface area contributed by atoms with Crippen molar-refractivity contribution in [3.05, 3.63) is 16.4 Å². The Morgan fingerprint density at radius 1 is 1.19 bits per heavy atom. The van der Waals surface area contributed by atoms with Gasteiger partial charge in [0.25, 0.3) is 0 Å². The number of nitrogens with zero attached hydrogens (tertiary/aromatic N) is 4. The molecule has 0 unspecified atom stereocenters. The van der Waals surface area contributed by atoms with E-state index in [2.05, 4.69) is 25.5 Å². The molecule has 118 valence electrons. The molecule has 0 saturated carbocycles. The number of aromatic nitrogens is 2. The van der Waals surface area contributed by atoms with Crippen LogP contribution in [-0.4, -0.2) is 53.5 Å². The maximum atomic E-state index is 11.2. The van der Waals surface area contributed by atoms with Gasteiger partial charge in [0.2, 0.25) is 11.6 Å². The summed E-state index contributed by atoms with van der Waals surface area (Å²) in [5.41, 5.74) is -0.0847. The maximum Gasteiger partial charge on any atom is 0.353 e. The lowest BCUT2D eigenvalue weighted by Gasteiger charge is -2.11. The molecule has 1 heterocycles. The number of hydrogen-bond acceptors (Lipinski definition) is 7. The van der Waals surface area contributed by atoms with Crippen LogP contribution in [0, 0.1) is 10.1 Å². The van der Waals surface area contributed by atoms with E-state index in [1.165, 1.54) is 6.33 Å². The van der Waals surface area contributed by atoms with Crippen LogP contribution in [0.25, 0.3) is 0 Å². The third kappa shape index (κ3) is 5.90. The molecule has 0 aliphatic heterocycles. The van der Waals surface area contributed by atoms with Crippen LogP contribution in [-0.2, 0) is 0 Å². The van der Waals surface area contributed by atoms with E-state index in [4.69, 9.17) is 0 Å². The van der Waals surface area contributed by atoms with Crippen molar-refractivity contribution in [2.24, 2.45) is 0 Å². The molecule has 21 heavy (non-hydrogen) atoms. The quantitative estimate of drug-likeness (QED) is 0.387. The zero-order valence-electron chi connectivity index (χ0n) is 12.9. The molecule has 0 fully saturated rings. The Bertz CT molecular complexity index is 452. The first-order valence-electron chi connectivity index (χ1n) is 7.18. The maximum absolute atomic E-state index is 11.2. The first kappa shape index (κ1) is 17.1. The third-order valence-electron chi connectivity index (χ3n) is 2.87. The summed E-state index contributed by atoms with van der Waals surface area (Å²) in [5, 5.41) is 17.2. The molecule has 0 radical (unpaired) electrons. The number of nitro groups is 1. The van der Waals surface area contributed by atoms with E-state index in [1.54, 1.807) is 0 Å². The van der Waals surface area contributed by atoms with Crippen molar-refractivity contribution in [1.82, 2.24) is 14.9 Å². The monoisotopic (exact) mass is 296 g/mol. The SMILES string of the molecule is CCCNc1ncnc(NCCCCN(C)C)c1[N+](=O)[O-]. The lowest BCUT2D eigenvalue weighted by Crippen LogP contribution is -2.15. The number of unbranched alkanes of at least 4 members (excludes halogenated alkanes) is 1. The Balaban J connectivity index is 2.65. The first-order chi connectivity index (χ1) is 10.1. The second kappa shape index (κ2) is 9.06. The van der Waals surface area contributed by atoms with Gasteiger partial charge in [-0.05, 0) is 39.9 Å². The van der Waals surface area contributed by atoms with Crippen LogP contribution in [0.2, 0.25) is 0 Å². The highest BCUT2D eigenvalue weighted by atomic mass is 16.6. The zero-order chi connectivity index (χ0) is 15.7. The Labute approximate surface area is 125 Å². The third-order valence-corrected chi connectivity index (χ3v) is 2.87. The molecule has 0 aliphatic rings. The molecule has 0 bridgehead atoms. The fourth-order valence-electron chi connectivity index (χ4n) is 1.81. The molecular weight excluding hydrogens is 272 g/mol. The number of hydrogen-bond donors (Lipinski definition) is 2. The Hall–Kier alpha value is -1.96. The minimum Gasteiger partial charge on any atom is -0.364 e. The smallest absolute Gasteiger partial charge is 0.353 e. The molecule has 0 saturated heterocycles. The van der Waals surface area contributed by atoms with E-state index >= 15 is 0 Å². The van der Waals surface area contributed by atoms with Gasteiger partial charge in [-0.15, -0.1) is 0 Å². The van der Waals surface area contributed by atoms with Crippen molar-refractivity contribution >= 4 is 17.3 Å². The van der Waals surface area contributed by atoms with Gasteiger partial charge in [-0.2, -0.15) is 0 Å². The molecule has 2 N–H and O–H groups in total. The Kier molecular flexibility index (Phi) is 7.38. The molecule has 0 aliphatic carbocycles. The largest absolute Gasteiger partial charge is 0.364 e. The van der Waals surface area contributed by atoms with Crippen LogP contribution in [0.1, 0.15) is 26.2 Å². The second-order valence-corrected chi connectivity index (χ2v) is 5.04. The average Bonchev–Trinajstić information content (AvgIpc) is 2.44. The van der Waals surface area contributed by atoms with Crippen LogP contribution >= 0.6 is 0 Å². The van der Waals surface area contributed by atoms with Gasteiger partial charge in [0.1, 0.15) is 6.33 Å². The molecule has 1 rings (SSSR count). The predicted octanol–water partition coefficient (Wildman–Crippen LogP) is 1.96. The van der Waals surface area contributed by atoms with Crippen molar-refractivity contribution in [2.45, 2.75) is 26.2 Å². The minimum atomic E-state index is -0.444. The van der Waals surface area contributed by atoms with Crippen molar-refractivity contribution in [3.63, 3.8) is 0 Å². The molecule has 0 aromatic carbocycles. The van der Waals surface area contributed by atoms with Crippen molar-refractivity contribution in [1.29, 1.82) is 0 Å². The van der Waals surface area contributed by atoms with Crippen LogP contribution in [0.4, 0.5) is 17.3 Å². The highest BCUT2D eigenvalue weighted by molar-refractivity contribution is 5.69. The van der Waals surface area contributed by atoms with Gasteiger partial charge in [-0.3, -0.25) is 10.1 Å². The second-order valence-electron chi connectivity index (χ2n) is 5.04. The molecule has 0 atom stereocenters. The van der Waals surface area contributed by atoms with Crippen molar-refractivity contribution in [2.75, 3.05) is 44.4 Å².